The zero-order valence-corrected chi connectivity index (χ0v) is 21.5. The second-order valence-electron chi connectivity index (χ2n) is 8.62. The van der Waals surface area contributed by atoms with E-state index in [4.69, 9.17) is 9.47 Å². The summed E-state index contributed by atoms with van der Waals surface area (Å²) in [4.78, 5) is 13.8. The van der Waals surface area contributed by atoms with Gasteiger partial charge in [-0.15, -0.1) is 5.92 Å². The van der Waals surface area contributed by atoms with Crippen molar-refractivity contribution in [2.75, 3.05) is 45.2 Å². The first-order valence-corrected chi connectivity index (χ1v) is 13.7. The quantitative estimate of drug-likeness (QED) is 0.144. The highest BCUT2D eigenvalue weighted by Gasteiger charge is 2.27. The third-order valence-corrected chi connectivity index (χ3v) is 7.88. The fraction of sp³-hybridized carbons (Fsp3) is 0.444. The molecular formula is C27H34N2O6S. The molecule has 2 aromatic carbocycles. The minimum Gasteiger partial charge on any atom is -0.481 e. The summed E-state index contributed by atoms with van der Waals surface area (Å²) in [6.45, 7) is 6.55. The van der Waals surface area contributed by atoms with E-state index < -0.39 is 21.6 Å². The highest BCUT2D eigenvalue weighted by molar-refractivity contribution is 7.91. The number of morpholine rings is 1. The van der Waals surface area contributed by atoms with Crippen LogP contribution in [0.25, 0.3) is 0 Å². The van der Waals surface area contributed by atoms with E-state index in [2.05, 4.69) is 16.7 Å². The van der Waals surface area contributed by atoms with Crippen LogP contribution in [0.15, 0.2) is 53.4 Å². The van der Waals surface area contributed by atoms with Gasteiger partial charge in [-0.05, 0) is 68.1 Å². The summed E-state index contributed by atoms with van der Waals surface area (Å²) in [7, 11) is -3.80. The zero-order valence-electron chi connectivity index (χ0n) is 20.6. The Morgan fingerprint density at radius 2 is 1.81 bits per heavy atom. The molecule has 8 nitrogen and oxygen atoms in total. The summed E-state index contributed by atoms with van der Waals surface area (Å²) in [5, 5.41) is 10.6. The van der Waals surface area contributed by atoms with Crippen LogP contribution in [-0.2, 0) is 25.8 Å². The Balaban J connectivity index is 1.60. The number of rotatable bonds is 13. The number of sulfone groups is 1. The van der Waals surface area contributed by atoms with Crippen molar-refractivity contribution in [1.29, 1.82) is 0 Å². The van der Waals surface area contributed by atoms with Gasteiger partial charge in [0.15, 0.2) is 9.84 Å². The van der Waals surface area contributed by atoms with Gasteiger partial charge in [0.1, 0.15) is 12.4 Å². The number of benzene rings is 2. The maximum absolute atomic E-state index is 13.1. The van der Waals surface area contributed by atoms with Crippen molar-refractivity contribution in [2.24, 2.45) is 0 Å². The van der Waals surface area contributed by atoms with Crippen molar-refractivity contribution in [3.8, 4) is 17.6 Å². The van der Waals surface area contributed by atoms with Crippen LogP contribution in [0, 0.1) is 11.8 Å². The first kappa shape index (κ1) is 27.7. The average Bonchev–Trinajstić information content (AvgIpc) is 2.91. The maximum atomic E-state index is 13.1. The Morgan fingerprint density at radius 1 is 1.11 bits per heavy atom. The van der Waals surface area contributed by atoms with Crippen molar-refractivity contribution in [3.63, 3.8) is 0 Å². The van der Waals surface area contributed by atoms with E-state index in [-0.39, 0.29) is 17.9 Å². The largest absolute Gasteiger partial charge is 0.481 e. The maximum Gasteiger partial charge on any atom is 0.233 e. The summed E-state index contributed by atoms with van der Waals surface area (Å²) in [6.07, 6.45) is 3.27. The van der Waals surface area contributed by atoms with Gasteiger partial charge < -0.3 is 9.47 Å². The van der Waals surface area contributed by atoms with E-state index in [1.165, 1.54) is 12.1 Å². The van der Waals surface area contributed by atoms with Crippen molar-refractivity contribution < 1.29 is 27.9 Å². The topological polar surface area (TPSA) is 96.4 Å². The van der Waals surface area contributed by atoms with Gasteiger partial charge in [-0.3, -0.25) is 14.9 Å². The number of nitrogens with zero attached hydrogens (tertiary/aromatic N) is 2. The molecule has 1 fully saturated rings. The molecule has 0 aliphatic carbocycles. The van der Waals surface area contributed by atoms with Gasteiger partial charge in [-0.1, -0.05) is 30.2 Å². The minimum absolute atomic E-state index is 0.0811. The van der Waals surface area contributed by atoms with Crippen molar-refractivity contribution in [2.45, 2.75) is 37.1 Å². The van der Waals surface area contributed by atoms with Crippen LogP contribution in [0.4, 0.5) is 0 Å². The van der Waals surface area contributed by atoms with Gasteiger partial charge in [-0.2, -0.15) is 0 Å². The fourth-order valence-corrected chi connectivity index (χ4v) is 5.54. The second-order valence-corrected chi connectivity index (χ2v) is 10.7. The molecule has 0 radical (unpaired) electrons. The fourth-order valence-electron chi connectivity index (χ4n) is 4.03. The summed E-state index contributed by atoms with van der Waals surface area (Å²) < 4.78 is 36.9. The Kier molecular flexibility index (Phi) is 10.8. The number of amides is 1. The first-order valence-electron chi connectivity index (χ1n) is 12.1. The number of hydroxylamine groups is 2. The number of carbonyl (C=O) groups excluding carboxylic acids is 1. The lowest BCUT2D eigenvalue weighted by Gasteiger charge is -2.26. The monoisotopic (exact) mass is 514 g/mol. The molecule has 0 aromatic heterocycles. The number of hydrogen-bond donors (Lipinski definition) is 1. The van der Waals surface area contributed by atoms with Gasteiger partial charge in [0.2, 0.25) is 6.41 Å². The van der Waals surface area contributed by atoms with E-state index in [9.17, 15) is 18.4 Å². The summed E-state index contributed by atoms with van der Waals surface area (Å²) in [5.74, 6) is 5.54. The molecular weight excluding hydrogens is 480 g/mol. The molecule has 3 rings (SSSR count). The zero-order chi connectivity index (χ0) is 25.8. The molecule has 0 saturated carbocycles. The third-order valence-electron chi connectivity index (χ3n) is 6.13. The smallest absolute Gasteiger partial charge is 0.233 e. The van der Waals surface area contributed by atoms with Crippen molar-refractivity contribution in [3.05, 3.63) is 59.7 Å². The van der Waals surface area contributed by atoms with Gasteiger partial charge >= 0.3 is 0 Å². The Labute approximate surface area is 213 Å². The number of hydrogen-bond acceptors (Lipinski definition) is 7. The Morgan fingerprint density at radius 3 is 2.44 bits per heavy atom. The molecule has 0 spiro atoms. The van der Waals surface area contributed by atoms with Crippen LogP contribution >= 0.6 is 0 Å². The SMILES string of the molecule is CC#CCOc1ccc(S(=O)(=O)CC(c2ccc(CCCCN3CCOCC3)cc2)N(O)C=O)cc1. The number of carbonyl (C=O) groups is 1. The highest BCUT2D eigenvalue weighted by Crippen LogP contribution is 2.26. The molecule has 0 bridgehead atoms. The molecule has 1 heterocycles. The number of unbranched alkanes of at least 4 members (excludes halogenated alkanes) is 1. The third kappa shape index (κ3) is 8.35. The van der Waals surface area contributed by atoms with Crippen LogP contribution < -0.4 is 4.74 Å². The van der Waals surface area contributed by atoms with Crippen molar-refractivity contribution >= 4 is 16.2 Å². The Hall–Kier alpha value is -2.90. The molecule has 194 valence electrons. The van der Waals surface area contributed by atoms with E-state index >= 15 is 0 Å². The van der Waals surface area contributed by atoms with Crippen LogP contribution in [0.2, 0.25) is 0 Å². The van der Waals surface area contributed by atoms with E-state index in [0.717, 1.165) is 57.7 Å². The van der Waals surface area contributed by atoms with E-state index in [1.807, 2.05) is 12.1 Å². The molecule has 1 amide bonds. The standard InChI is InChI=1S/C27H34N2O6S/c1-2-3-18-35-25-11-13-26(14-12-25)36(32,33)21-27(29(31)22-30)24-9-7-23(8-10-24)6-4-5-15-28-16-19-34-20-17-28/h7-14,22,27,31H,4-6,15-21H2,1H3. The van der Waals surface area contributed by atoms with Crippen LogP contribution in [-0.4, -0.2) is 75.2 Å². The number of aryl methyl sites for hydroxylation is 1. The molecule has 9 heteroatoms. The molecule has 1 aliphatic rings. The Bertz CT molecular complexity index is 1120. The average molecular weight is 515 g/mol. The molecule has 1 aliphatic heterocycles. The lowest BCUT2D eigenvalue weighted by Crippen LogP contribution is -2.36. The second kappa shape index (κ2) is 14.0. The van der Waals surface area contributed by atoms with Crippen molar-refractivity contribution in [1.82, 2.24) is 9.96 Å². The molecule has 1 saturated heterocycles. The first-order chi connectivity index (χ1) is 17.4. The molecule has 36 heavy (non-hydrogen) atoms. The van der Waals surface area contributed by atoms with Gasteiger partial charge in [0, 0.05) is 13.1 Å². The molecule has 2 aromatic rings. The van der Waals surface area contributed by atoms with Gasteiger partial charge in [0.25, 0.3) is 0 Å². The molecule has 1 unspecified atom stereocenters. The number of ether oxygens (including phenoxy) is 2. The molecule has 1 atom stereocenters. The predicted octanol–water partition coefficient (Wildman–Crippen LogP) is 3.11. The summed E-state index contributed by atoms with van der Waals surface area (Å²) in [6, 6.07) is 12.4. The van der Waals surface area contributed by atoms with E-state index in [0.29, 0.717) is 16.4 Å². The van der Waals surface area contributed by atoms with E-state index in [1.54, 1.807) is 31.2 Å². The van der Waals surface area contributed by atoms with Crippen LogP contribution in [0.5, 0.6) is 5.75 Å². The predicted molar refractivity (Wildman–Crippen MR) is 137 cm³/mol. The lowest BCUT2D eigenvalue weighted by molar-refractivity contribution is -0.158. The highest BCUT2D eigenvalue weighted by atomic mass is 32.2. The van der Waals surface area contributed by atoms with Crippen LogP contribution in [0.1, 0.15) is 36.9 Å². The van der Waals surface area contributed by atoms with Gasteiger partial charge in [-0.25, -0.2) is 13.5 Å². The minimum atomic E-state index is -3.80. The van der Waals surface area contributed by atoms with Gasteiger partial charge in [0.05, 0.1) is 29.9 Å². The summed E-state index contributed by atoms with van der Waals surface area (Å²) >= 11 is 0. The van der Waals surface area contributed by atoms with Crippen LogP contribution in [0.3, 0.4) is 0 Å². The lowest BCUT2D eigenvalue weighted by atomic mass is 10.0. The normalized spacial score (nSPS) is 14.9. The summed E-state index contributed by atoms with van der Waals surface area (Å²) in [5.41, 5.74) is 1.67. The molecule has 1 N–H and O–H groups in total.